The number of nitrogens with two attached hydrogens (primary N) is 1. The third kappa shape index (κ3) is 3.62. The van der Waals surface area contributed by atoms with Crippen LogP contribution >= 0.6 is 11.3 Å². The van der Waals surface area contributed by atoms with Crippen LogP contribution in [0.5, 0.6) is 0 Å². The molecule has 4 aromatic heterocycles. The third-order valence-electron chi connectivity index (χ3n) is 9.39. The maximum Gasteiger partial charge on any atom is 0.186 e. The van der Waals surface area contributed by atoms with Crippen molar-refractivity contribution in [2.45, 2.75) is 82.7 Å². The zero-order chi connectivity index (χ0) is 27.6. The Balaban J connectivity index is 1.38. The molecule has 3 aliphatic rings. The molecule has 3 atom stereocenters. The van der Waals surface area contributed by atoms with Gasteiger partial charge in [-0.15, -0.1) is 11.3 Å². The van der Waals surface area contributed by atoms with E-state index in [-0.39, 0.29) is 11.5 Å². The van der Waals surface area contributed by atoms with Crippen molar-refractivity contribution >= 4 is 33.2 Å². The second kappa shape index (κ2) is 9.56. The van der Waals surface area contributed by atoms with E-state index in [0.29, 0.717) is 28.1 Å². The van der Waals surface area contributed by atoms with Crippen molar-refractivity contribution in [3.63, 3.8) is 0 Å². The van der Waals surface area contributed by atoms with Crippen LogP contribution in [0.3, 0.4) is 0 Å². The number of aromatic nitrogens is 5. The molecule has 4 aromatic rings. The molecule has 0 saturated carbocycles. The van der Waals surface area contributed by atoms with Gasteiger partial charge in [0.05, 0.1) is 28.6 Å². The zero-order valence-corrected chi connectivity index (χ0v) is 24.1. The summed E-state index contributed by atoms with van der Waals surface area (Å²) in [7, 11) is 2.19. The molecule has 10 nitrogen and oxygen atoms in total. The molecular formula is C29H35N9OS. The molecule has 1 saturated heterocycles. The molecule has 208 valence electrons. The number of nitrogens with zero attached hydrogens (tertiary/aromatic N) is 7. The van der Waals surface area contributed by atoms with Gasteiger partial charge in [0, 0.05) is 23.0 Å². The van der Waals surface area contributed by atoms with Crippen LogP contribution in [0, 0.1) is 11.3 Å². The number of anilines is 2. The molecule has 0 aromatic carbocycles. The number of nitrogens with one attached hydrogen (secondary N) is 1. The number of aryl methyl sites for hydroxylation is 1. The van der Waals surface area contributed by atoms with Gasteiger partial charge in [0.25, 0.3) is 0 Å². The number of hydrogen-bond donors (Lipinski definition) is 2. The van der Waals surface area contributed by atoms with Crippen LogP contribution in [0.25, 0.3) is 22.6 Å². The van der Waals surface area contributed by atoms with Crippen LogP contribution in [0.2, 0.25) is 0 Å². The standard InChI is InChI=1S/C29H35N9OS/c1-4-32-26-19-15-33-38(16(2)20-9-7-13-37(20)3)28(19)35-27(34-26)23-17-8-5-11-29(24(17)39-36-23)12-6-10-21-22(29)18(14-30)25(31)40-21/h15-16,20H,4-13,31H2,1-3H3,(H,32,34,35)/t16-,20-,29-/m0/s1. The Morgan fingerprint density at radius 2 is 2.10 bits per heavy atom. The Bertz CT molecular complexity index is 1640. The highest BCUT2D eigenvalue weighted by molar-refractivity contribution is 7.16. The van der Waals surface area contributed by atoms with Crippen molar-refractivity contribution in [2.75, 3.05) is 31.2 Å². The van der Waals surface area contributed by atoms with Crippen LogP contribution in [-0.2, 0) is 18.3 Å². The summed E-state index contributed by atoms with van der Waals surface area (Å²) in [6.45, 7) is 6.14. The SMILES string of the molecule is CCNc1nc(-c2noc3c2CCC[C@@]32CCCc3sc(N)c(C#N)c32)nc2c1cnn2[C@@H](C)[C@@H]1CCCN1C. The van der Waals surface area contributed by atoms with Gasteiger partial charge in [-0.05, 0) is 84.4 Å². The molecule has 40 heavy (non-hydrogen) atoms. The van der Waals surface area contributed by atoms with Crippen LogP contribution < -0.4 is 11.1 Å². The first kappa shape index (κ1) is 25.5. The van der Waals surface area contributed by atoms with Crippen LogP contribution in [0.1, 0.15) is 85.7 Å². The van der Waals surface area contributed by atoms with Crippen molar-refractivity contribution in [3.8, 4) is 17.6 Å². The maximum absolute atomic E-state index is 10.0. The Labute approximate surface area is 237 Å². The Kier molecular flexibility index (Phi) is 6.09. The van der Waals surface area contributed by atoms with Gasteiger partial charge in [-0.2, -0.15) is 10.4 Å². The van der Waals surface area contributed by atoms with Crippen molar-refractivity contribution in [1.82, 2.24) is 29.8 Å². The Morgan fingerprint density at radius 3 is 2.85 bits per heavy atom. The van der Waals surface area contributed by atoms with Crippen LogP contribution in [0.4, 0.5) is 10.8 Å². The fourth-order valence-electron chi connectivity index (χ4n) is 7.56. The minimum Gasteiger partial charge on any atom is -0.389 e. The predicted molar refractivity (Wildman–Crippen MR) is 155 cm³/mol. The quantitative estimate of drug-likeness (QED) is 0.346. The largest absolute Gasteiger partial charge is 0.389 e. The summed E-state index contributed by atoms with van der Waals surface area (Å²) in [6, 6.07) is 2.99. The topological polar surface area (TPSA) is 135 Å². The van der Waals surface area contributed by atoms with Crippen LogP contribution in [-0.4, -0.2) is 56.0 Å². The first-order valence-electron chi connectivity index (χ1n) is 14.5. The van der Waals surface area contributed by atoms with Gasteiger partial charge in [0.1, 0.15) is 16.9 Å². The number of likely N-dealkylation sites (N-methyl/N-ethyl adjacent to an activating group) is 1. The summed E-state index contributed by atoms with van der Waals surface area (Å²) in [5, 5.41) is 24.4. The number of hydrogen-bond acceptors (Lipinski definition) is 10. The normalized spacial score (nSPS) is 23.3. The van der Waals surface area contributed by atoms with E-state index in [4.69, 9.17) is 25.3 Å². The molecule has 0 radical (unpaired) electrons. The second-order valence-electron chi connectivity index (χ2n) is 11.6. The highest BCUT2D eigenvalue weighted by Gasteiger charge is 2.48. The number of nitriles is 1. The van der Waals surface area contributed by atoms with E-state index >= 15 is 0 Å². The number of thiophene rings is 1. The van der Waals surface area contributed by atoms with Crippen molar-refractivity contribution in [3.05, 3.63) is 33.5 Å². The van der Waals surface area contributed by atoms with E-state index in [2.05, 4.69) is 47.0 Å². The lowest BCUT2D eigenvalue weighted by molar-refractivity contribution is 0.232. The summed E-state index contributed by atoms with van der Waals surface area (Å²) >= 11 is 1.56. The highest BCUT2D eigenvalue weighted by Crippen LogP contribution is 2.55. The molecule has 3 N–H and O–H groups in total. The number of likely N-dealkylation sites (tertiary alicyclic amines) is 1. The zero-order valence-electron chi connectivity index (χ0n) is 23.3. The fraction of sp³-hybridized carbons (Fsp3) is 0.552. The second-order valence-corrected chi connectivity index (χ2v) is 12.7. The summed E-state index contributed by atoms with van der Waals surface area (Å²) in [5.41, 5.74) is 10.2. The van der Waals surface area contributed by atoms with Gasteiger partial charge < -0.3 is 20.5 Å². The van der Waals surface area contributed by atoms with E-state index < -0.39 is 0 Å². The molecular weight excluding hydrogens is 522 g/mol. The molecule has 1 spiro atoms. The molecule has 11 heteroatoms. The molecule has 5 heterocycles. The maximum atomic E-state index is 10.0. The van der Waals surface area contributed by atoms with Crippen molar-refractivity contribution in [2.24, 2.45) is 0 Å². The van der Waals surface area contributed by atoms with Crippen molar-refractivity contribution < 1.29 is 4.52 Å². The number of nitrogen functional groups attached to an aromatic ring is 1. The predicted octanol–water partition coefficient (Wildman–Crippen LogP) is 5.04. The van der Waals surface area contributed by atoms with Gasteiger partial charge in [-0.1, -0.05) is 5.16 Å². The average molecular weight is 558 g/mol. The minimum absolute atomic E-state index is 0.172. The average Bonchev–Trinajstić information content (AvgIpc) is 3.73. The monoisotopic (exact) mass is 557 g/mol. The smallest absolute Gasteiger partial charge is 0.186 e. The lowest BCUT2D eigenvalue weighted by Crippen LogP contribution is -2.35. The molecule has 1 aliphatic heterocycles. The Morgan fingerprint density at radius 1 is 1.27 bits per heavy atom. The lowest BCUT2D eigenvalue weighted by atomic mass is 9.63. The molecule has 0 amide bonds. The third-order valence-corrected chi connectivity index (χ3v) is 10.5. The van der Waals surface area contributed by atoms with E-state index in [1.807, 2.05) is 6.20 Å². The van der Waals surface area contributed by atoms with Gasteiger partial charge >= 0.3 is 0 Å². The lowest BCUT2D eigenvalue weighted by Gasteiger charge is -2.39. The molecule has 1 fully saturated rings. The van der Waals surface area contributed by atoms with Gasteiger partial charge in [-0.3, -0.25) is 0 Å². The number of rotatable bonds is 5. The number of fused-ring (bicyclic) bond motifs is 5. The summed E-state index contributed by atoms with van der Waals surface area (Å²) in [4.78, 5) is 13.7. The summed E-state index contributed by atoms with van der Waals surface area (Å²) in [5.74, 6) is 2.19. The highest BCUT2D eigenvalue weighted by atomic mass is 32.1. The van der Waals surface area contributed by atoms with E-state index in [9.17, 15) is 5.26 Å². The van der Waals surface area contributed by atoms with Gasteiger partial charge in [0.2, 0.25) is 0 Å². The fourth-order valence-corrected chi connectivity index (χ4v) is 8.72. The van der Waals surface area contributed by atoms with E-state index in [1.54, 1.807) is 11.3 Å². The molecule has 0 unspecified atom stereocenters. The Hall–Kier alpha value is -3.49. The molecule has 0 bridgehead atoms. The minimum atomic E-state index is -0.371. The summed E-state index contributed by atoms with van der Waals surface area (Å²) < 4.78 is 8.30. The van der Waals surface area contributed by atoms with E-state index in [0.717, 1.165) is 91.8 Å². The van der Waals surface area contributed by atoms with Gasteiger partial charge in [0.15, 0.2) is 22.9 Å². The molecule has 2 aliphatic carbocycles. The van der Waals surface area contributed by atoms with Gasteiger partial charge in [-0.25, -0.2) is 14.6 Å². The molecule has 7 rings (SSSR count). The first-order valence-corrected chi connectivity index (χ1v) is 15.3. The summed E-state index contributed by atoms with van der Waals surface area (Å²) in [6.07, 6.45) is 9.88. The van der Waals surface area contributed by atoms with Crippen LogP contribution in [0.15, 0.2) is 10.7 Å². The first-order chi connectivity index (χ1) is 19.5. The van der Waals surface area contributed by atoms with Crippen molar-refractivity contribution in [1.29, 1.82) is 5.26 Å². The van der Waals surface area contributed by atoms with E-state index in [1.165, 1.54) is 11.3 Å².